The Labute approximate surface area is 261 Å². The molecule has 11 nitrogen and oxygen atoms in total. The van der Waals surface area contributed by atoms with Crippen molar-refractivity contribution in [2.75, 3.05) is 104 Å². The number of nitrogens with one attached hydrogen (secondary N) is 1. The molecule has 3 N–H and O–H groups in total. The summed E-state index contributed by atoms with van der Waals surface area (Å²) in [4.78, 5) is 27.5. The number of para-hydroxylation sites is 1. The van der Waals surface area contributed by atoms with Crippen LogP contribution in [0, 0.1) is 0 Å². The van der Waals surface area contributed by atoms with Crippen molar-refractivity contribution in [2.24, 2.45) is 5.73 Å². The third-order valence-corrected chi connectivity index (χ3v) is 6.85. The molecule has 3 rings (SSSR count). The Morgan fingerprint density at radius 3 is 1.91 bits per heavy atom. The molecule has 0 saturated heterocycles. The first-order valence-electron chi connectivity index (χ1n) is 15.6. The van der Waals surface area contributed by atoms with Gasteiger partial charge < -0.3 is 44.4 Å². The van der Waals surface area contributed by atoms with Crippen molar-refractivity contribution in [1.82, 2.24) is 5.32 Å². The second-order valence-corrected chi connectivity index (χ2v) is 10.2. The molecule has 0 bridgehead atoms. The fourth-order valence-corrected chi connectivity index (χ4v) is 4.60. The van der Waals surface area contributed by atoms with Crippen molar-refractivity contribution in [3.8, 4) is 0 Å². The molecule has 244 valence electrons. The van der Waals surface area contributed by atoms with Crippen molar-refractivity contribution in [1.29, 1.82) is 0 Å². The van der Waals surface area contributed by atoms with E-state index < -0.39 is 0 Å². The van der Waals surface area contributed by atoms with E-state index in [1.807, 2.05) is 24.3 Å². The van der Waals surface area contributed by atoms with Gasteiger partial charge in [0, 0.05) is 25.9 Å². The van der Waals surface area contributed by atoms with Gasteiger partial charge >= 0.3 is 0 Å². The normalized spacial score (nSPS) is 15.0. The first kappa shape index (κ1) is 35.6. The van der Waals surface area contributed by atoms with Crippen LogP contribution < -0.4 is 16.0 Å². The minimum Gasteiger partial charge on any atom is -0.378 e. The Bertz CT molecular complexity index is 1070. The smallest absolute Gasteiger partial charge is 0.227 e. The summed E-state index contributed by atoms with van der Waals surface area (Å²) in [5, 5.41) is 2.83. The van der Waals surface area contributed by atoms with E-state index in [0.717, 1.165) is 29.7 Å². The lowest BCUT2D eigenvalue weighted by molar-refractivity contribution is -0.125. The lowest BCUT2D eigenvalue weighted by Gasteiger charge is -2.29. The van der Waals surface area contributed by atoms with Crippen molar-refractivity contribution in [2.45, 2.75) is 25.7 Å². The van der Waals surface area contributed by atoms with E-state index in [-0.39, 0.29) is 24.7 Å². The number of rotatable bonds is 23. The second-order valence-electron chi connectivity index (χ2n) is 10.2. The van der Waals surface area contributed by atoms with Gasteiger partial charge in [0.1, 0.15) is 0 Å². The number of hydrogen-bond acceptors (Lipinski definition) is 9. The van der Waals surface area contributed by atoms with Crippen LogP contribution in [-0.4, -0.2) is 111 Å². The fourth-order valence-electron chi connectivity index (χ4n) is 4.60. The van der Waals surface area contributed by atoms with Crippen LogP contribution in [0.2, 0.25) is 0 Å². The van der Waals surface area contributed by atoms with Gasteiger partial charge in [-0.1, -0.05) is 42.5 Å². The van der Waals surface area contributed by atoms with E-state index in [9.17, 15) is 9.59 Å². The number of benzene rings is 1. The van der Waals surface area contributed by atoms with Crippen LogP contribution in [0.4, 0.5) is 5.69 Å². The number of carbonyl (C=O) groups excluding carboxylic acids is 2. The fraction of sp³-hybridized carbons (Fsp3) is 0.576. The highest BCUT2D eigenvalue weighted by molar-refractivity contribution is 5.98. The van der Waals surface area contributed by atoms with E-state index in [1.54, 1.807) is 4.90 Å². The highest BCUT2D eigenvalue weighted by atomic mass is 16.6. The SMILES string of the molecule is NCCOCCOCCOCCOCCOCCOCCNC(=O)CCC(=O)N1CC2=CCCC=C2/C=C\c2ccccc21. The van der Waals surface area contributed by atoms with Gasteiger partial charge in [0.05, 0.1) is 91.5 Å². The standard InChI is InChI=1S/C33H49N3O8/c34-13-15-39-17-19-41-21-23-43-25-26-44-24-22-42-20-18-40-16-14-35-32(37)11-12-33(38)36-27-30-7-2-1-5-28(30)9-10-29-6-3-4-8-31(29)36/h3-10H,1-2,11-27,34H2,(H,35,37)/b10-9-. The van der Waals surface area contributed by atoms with Gasteiger partial charge in [0.2, 0.25) is 11.8 Å². The van der Waals surface area contributed by atoms with Gasteiger partial charge in [0.15, 0.2) is 0 Å². The maximum Gasteiger partial charge on any atom is 0.227 e. The molecule has 11 heteroatoms. The van der Waals surface area contributed by atoms with E-state index in [1.165, 1.54) is 5.57 Å². The quantitative estimate of drug-likeness (QED) is 0.179. The van der Waals surface area contributed by atoms with Crippen molar-refractivity contribution >= 4 is 23.6 Å². The average Bonchev–Trinajstić information content (AvgIpc) is 3.03. The molecule has 0 atom stereocenters. The predicted octanol–water partition coefficient (Wildman–Crippen LogP) is 2.65. The zero-order valence-corrected chi connectivity index (χ0v) is 25.8. The lowest BCUT2D eigenvalue weighted by atomic mass is 9.94. The Kier molecular flexibility index (Phi) is 18.3. The van der Waals surface area contributed by atoms with Gasteiger partial charge in [-0.3, -0.25) is 9.59 Å². The van der Waals surface area contributed by atoms with Gasteiger partial charge in [-0.15, -0.1) is 0 Å². The number of amides is 2. The summed E-state index contributed by atoms with van der Waals surface area (Å²) in [5.41, 5.74) is 9.52. The van der Waals surface area contributed by atoms with Crippen LogP contribution in [0.3, 0.4) is 0 Å². The minimum absolute atomic E-state index is 0.0653. The lowest BCUT2D eigenvalue weighted by Crippen LogP contribution is -2.35. The summed E-state index contributed by atoms with van der Waals surface area (Å²) < 4.78 is 32.5. The average molecular weight is 616 g/mol. The molecule has 1 aromatic rings. The highest BCUT2D eigenvalue weighted by Crippen LogP contribution is 2.31. The first-order valence-corrected chi connectivity index (χ1v) is 15.6. The molecule has 0 saturated carbocycles. The molecule has 1 aromatic carbocycles. The number of carbonyl (C=O) groups is 2. The molecule has 0 unspecified atom stereocenters. The largest absolute Gasteiger partial charge is 0.378 e. The maximum absolute atomic E-state index is 13.3. The zero-order chi connectivity index (χ0) is 31.1. The summed E-state index contributed by atoms with van der Waals surface area (Å²) in [5.74, 6) is -0.234. The van der Waals surface area contributed by atoms with Crippen molar-refractivity contribution in [3.63, 3.8) is 0 Å². The summed E-state index contributed by atoms with van der Waals surface area (Å²) in [6.45, 7) is 7.20. The van der Waals surface area contributed by atoms with E-state index in [2.05, 4.69) is 29.6 Å². The van der Waals surface area contributed by atoms with Crippen LogP contribution in [-0.2, 0) is 38.0 Å². The maximum atomic E-state index is 13.3. The summed E-state index contributed by atoms with van der Waals surface area (Å²) in [6.07, 6.45) is 10.9. The summed E-state index contributed by atoms with van der Waals surface area (Å²) >= 11 is 0. The number of allylic oxidation sites excluding steroid dienone is 3. The number of nitrogens with two attached hydrogens (primary N) is 1. The van der Waals surface area contributed by atoms with E-state index in [4.69, 9.17) is 34.2 Å². The molecule has 44 heavy (non-hydrogen) atoms. The predicted molar refractivity (Wildman–Crippen MR) is 169 cm³/mol. The van der Waals surface area contributed by atoms with Crippen LogP contribution in [0.25, 0.3) is 6.08 Å². The van der Waals surface area contributed by atoms with Crippen molar-refractivity contribution < 1.29 is 38.0 Å². The summed E-state index contributed by atoms with van der Waals surface area (Å²) in [6, 6.07) is 7.88. The van der Waals surface area contributed by atoms with Crippen LogP contribution in [0.15, 0.2) is 53.6 Å². The Morgan fingerprint density at radius 2 is 1.27 bits per heavy atom. The number of nitrogens with zero attached hydrogens (tertiary/aromatic N) is 1. The zero-order valence-electron chi connectivity index (χ0n) is 25.8. The third-order valence-electron chi connectivity index (χ3n) is 6.85. The number of hydrogen-bond donors (Lipinski definition) is 2. The van der Waals surface area contributed by atoms with Gasteiger partial charge in [-0.25, -0.2) is 0 Å². The molecule has 2 aliphatic rings. The van der Waals surface area contributed by atoms with Crippen molar-refractivity contribution in [3.05, 3.63) is 59.2 Å². The third kappa shape index (κ3) is 14.3. The molecule has 0 fully saturated rings. The Hall–Kier alpha value is -2.90. The van der Waals surface area contributed by atoms with Gasteiger partial charge in [-0.05, 0) is 35.6 Å². The van der Waals surface area contributed by atoms with Crippen LogP contribution >= 0.6 is 0 Å². The molecule has 2 amide bonds. The molecule has 1 aliphatic heterocycles. The molecule has 0 spiro atoms. The van der Waals surface area contributed by atoms with Gasteiger partial charge in [-0.2, -0.15) is 0 Å². The highest BCUT2D eigenvalue weighted by Gasteiger charge is 2.23. The number of ether oxygens (including phenoxy) is 6. The Balaban J connectivity index is 1.16. The molecule has 0 aromatic heterocycles. The summed E-state index contributed by atoms with van der Waals surface area (Å²) in [7, 11) is 0. The Morgan fingerprint density at radius 1 is 0.705 bits per heavy atom. The van der Waals surface area contributed by atoms with Gasteiger partial charge in [0.25, 0.3) is 0 Å². The molecular formula is C33H49N3O8. The first-order chi connectivity index (χ1) is 21.7. The van der Waals surface area contributed by atoms with E-state index >= 15 is 0 Å². The second kappa shape index (κ2) is 22.6. The monoisotopic (exact) mass is 615 g/mol. The molecule has 1 heterocycles. The number of fused-ring (bicyclic) bond motifs is 2. The van der Waals surface area contributed by atoms with E-state index in [0.29, 0.717) is 98.9 Å². The topological polar surface area (TPSA) is 131 Å². The minimum atomic E-state index is -0.169. The van der Waals surface area contributed by atoms with Crippen LogP contribution in [0.1, 0.15) is 31.2 Å². The molecule has 0 radical (unpaired) electrons. The molecule has 1 aliphatic carbocycles. The van der Waals surface area contributed by atoms with Crippen LogP contribution in [0.5, 0.6) is 0 Å². The molecular weight excluding hydrogens is 566 g/mol. The number of anilines is 1.